The molecule has 0 N–H and O–H groups in total. The zero-order chi connectivity index (χ0) is 12.7. The lowest BCUT2D eigenvalue weighted by atomic mass is 9.55. The van der Waals surface area contributed by atoms with Crippen molar-refractivity contribution in [2.24, 2.45) is 11.3 Å². The van der Waals surface area contributed by atoms with Gasteiger partial charge in [0.1, 0.15) is 5.76 Å². The van der Waals surface area contributed by atoms with Gasteiger partial charge in [-0.05, 0) is 18.9 Å². The second kappa shape index (κ2) is 4.12. The van der Waals surface area contributed by atoms with Gasteiger partial charge in [-0.3, -0.25) is 4.79 Å². The van der Waals surface area contributed by atoms with E-state index in [4.69, 9.17) is 0 Å². The third-order valence-corrected chi connectivity index (χ3v) is 3.56. The number of rotatable bonds is 3. The molecule has 0 heterocycles. The maximum absolute atomic E-state index is 11.8. The van der Waals surface area contributed by atoms with E-state index in [0.717, 1.165) is 0 Å². The van der Waals surface area contributed by atoms with Crippen LogP contribution in [0.5, 0.6) is 0 Å². The lowest BCUT2D eigenvalue weighted by Gasteiger charge is -2.49. The molecule has 0 bridgehead atoms. The first-order valence-corrected chi connectivity index (χ1v) is 5.80. The van der Waals surface area contributed by atoms with Crippen molar-refractivity contribution in [1.82, 2.24) is 0 Å². The summed E-state index contributed by atoms with van der Waals surface area (Å²) >= 11 is -0.495. The number of carbonyl (C=O) groups excluding carboxylic acids is 1. The van der Waals surface area contributed by atoms with E-state index in [-0.39, 0.29) is 17.3 Å². The average molecular weight is 268 g/mol. The number of halogens is 3. The van der Waals surface area contributed by atoms with Gasteiger partial charge in [-0.2, -0.15) is 13.2 Å². The van der Waals surface area contributed by atoms with Gasteiger partial charge in [0.15, 0.2) is 12.0 Å². The molecule has 0 aliphatic heterocycles. The second-order valence-corrected chi connectivity index (χ2v) is 5.19. The summed E-state index contributed by atoms with van der Waals surface area (Å²) in [4.78, 5) is 11.1. The van der Waals surface area contributed by atoms with Crippen LogP contribution in [0.15, 0.2) is 11.8 Å². The van der Waals surface area contributed by atoms with Crippen molar-refractivity contribution >= 4 is 18.0 Å². The quantitative estimate of drug-likeness (QED) is 0.582. The molecule has 2 aliphatic rings. The van der Waals surface area contributed by atoms with Crippen molar-refractivity contribution in [2.75, 3.05) is 7.11 Å². The molecule has 0 aromatic rings. The van der Waals surface area contributed by atoms with Gasteiger partial charge < -0.3 is 8.92 Å². The highest BCUT2D eigenvalue weighted by molar-refractivity contribution is 7.95. The van der Waals surface area contributed by atoms with Crippen LogP contribution in [-0.2, 0) is 13.7 Å². The Morgan fingerprint density at radius 3 is 2.59 bits per heavy atom. The molecule has 0 aromatic carbocycles. The molecule has 0 amide bonds. The molecule has 7 heteroatoms. The zero-order valence-corrected chi connectivity index (χ0v) is 9.86. The van der Waals surface area contributed by atoms with Gasteiger partial charge >= 0.3 is 11.5 Å². The lowest BCUT2D eigenvalue weighted by molar-refractivity contribution is -0.153. The van der Waals surface area contributed by atoms with Crippen LogP contribution in [0.2, 0.25) is 0 Å². The van der Waals surface area contributed by atoms with Crippen molar-refractivity contribution in [2.45, 2.75) is 24.8 Å². The highest BCUT2D eigenvalue weighted by Gasteiger charge is 2.52. The first-order chi connectivity index (χ1) is 7.84. The molecule has 96 valence electrons. The van der Waals surface area contributed by atoms with Crippen LogP contribution in [0, 0.1) is 11.3 Å². The molecule has 1 spiro atoms. The molecule has 0 atom stereocenters. The van der Waals surface area contributed by atoms with Crippen LogP contribution in [0.25, 0.3) is 0 Å². The zero-order valence-electron chi connectivity index (χ0n) is 9.04. The normalized spacial score (nSPS) is 31.3. The number of allylic oxidation sites excluding steroid dienone is 2. The Kier molecular flexibility index (Phi) is 3.05. The number of esters is 1. The smallest absolute Gasteiger partial charge is 0.469 e. The minimum absolute atomic E-state index is 0.118. The number of methoxy groups -OCH3 is 1. The Labute approximate surface area is 101 Å². The van der Waals surface area contributed by atoms with Crippen LogP contribution in [0.4, 0.5) is 13.2 Å². The van der Waals surface area contributed by atoms with Crippen LogP contribution < -0.4 is 0 Å². The molecule has 0 saturated heterocycles. The van der Waals surface area contributed by atoms with E-state index >= 15 is 0 Å². The molecule has 0 unspecified atom stereocenters. The Hall–Kier alpha value is -0.850. The van der Waals surface area contributed by atoms with Crippen LogP contribution >= 0.6 is 12.0 Å². The monoisotopic (exact) mass is 268 g/mol. The van der Waals surface area contributed by atoms with Crippen LogP contribution in [-0.4, -0.2) is 18.6 Å². The fraction of sp³-hybridized carbons (Fsp3) is 0.700. The topological polar surface area (TPSA) is 35.5 Å². The lowest BCUT2D eigenvalue weighted by Crippen LogP contribution is -2.44. The minimum Gasteiger partial charge on any atom is -0.469 e. The molecule has 0 radical (unpaired) electrons. The van der Waals surface area contributed by atoms with Crippen LogP contribution in [0.1, 0.15) is 19.3 Å². The number of ether oxygens (including phenoxy) is 1. The maximum atomic E-state index is 11.8. The second-order valence-electron chi connectivity index (χ2n) is 4.39. The van der Waals surface area contributed by atoms with Gasteiger partial charge in [-0.1, -0.05) is 0 Å². The maximum Gasteiger partial charge on any atom is 0.479 e. The first kappa shape index (κ1) is 12.6. The number of hydrogen-bond donors (Lipinski definition) is 0. The third kappa shape index (κ3) is 2.70. The summed E-state index contributed by atoms with van der Waals surface area (Å²) in [6.45, 7) is 0. The number of carbonyl (C=O) groups is 1. The van der Waals surface area contributed by atoms with E-state index in [2.05, 4.69) is 8.92 Å². The van der Waals surface area contributed by atoms with E-state index in [1.807, 2.05) is 0 Å². The minimum atomic E-state index is -4.38. The molecular weight excluding hydrogens is 257 g/mol. The average Bonchev–Trinajstić information content (AvgIpc) is 2.10. The summed E-state index contributed by atoms with van der Waals surface area (Å²) in [6.07, 6.45) is 3.45. The van der Waals surface area contributed by atoms with Gasteiger partial charge in [0.25, 0.3) is 0 Å². The highest BCUT2D eigenvalue weighted by atomic mass is 32.2. The number of hydrogen-bond acceptors (Lipinski definition) is 4. The molecule has 2 aliphatic carbocycles. The molecule has 0 aromatic heterocycles. The van der Waals surface area contributed by atoms with E-state index in [0.29, 0.717) is 25.0 Å². The number of alkyl halides is 3. The van der Waals surface area contributed by atoms with Crippen molar-refractivity contribution in [3.63, 3.8) is 0 Å². The summed E-state index contributed by atoms with van der Waals surface area (Å²) < 4.78 is 44.6. The Morgan fingerprint density at radius 2 is 2.12 bits per heavy atom. The molecule has 17 heavy (non-hydrogen) atoms. The van der Waals surface area contributed by atoms with Crippen molar-refractivity contribution in [3.8, 4) is 0 Å². The van der Waals surface area contributed by atoms with Gasteiger partial charge in [-0.25, -0.2) is 0 Å². The Bertz CT molecular complexity index is 358. The van der Waals surface area contributed by atoms with Crippen molar-refractivity contribution in [1.29, 1.82) is 0 Å². The standard InChI is InChI=1S/C10H11F3O3S/c1-15-8(14)6-2-9(3-6)4-7(5-9)16-17-10(11,12)13/h4,6H,2-3,5H2,1H3. The predicted octanol–water partition coefficient (Wildman–Crippen LogP) is 3.03. The van der Waals surface area contributed by atoms with E-state index in [9.17, 15) is 18.0 Å². The molecular formula is C10H11F3O3S. The first-order valence-electron chi connectivity index (χ1n) is 5.06. The van der Waals surface area contributed by atoms with E-state index in [1.54, 1.807) is 6.08 Å². The van der Waals surface area contributed by atoms with Gasteiger partial charge in [0, 0.05) is 11.8 Å². The van der Waals surface area contributed by atoms with Crippen molar-refractivity contribution in [3.05, 3.63) is 11.8 Å². The fourth-order valence-corrected chi connectivity index (χ4v) is 2.64. The Balaban J connectivity index is 1.76. The summed E-state index contributed by atoms with van der Waals surface area (Å²) in [5.41, 5.74) is -4.50. The third-order valence-electron chi connectivity index (χ3n) is 3.08. The van der Waals surface area contributed by atoms with Gasteiger partial charge in [-0.15, -0.1) is 0 Å². The van der Waals surface area contributed by atoms with Gasteiger partial charge in [0.05, 0.1) is 13.0 Å². The summed E-state index contributed by atoms with van der Waals surface area (Å²) in [5, 5.41) is 0. The molecule has 1 fully saturated rings. The summed E-state index contributed by atoms with van der Waals surface area (Å²) in [7, 11) is 1.33. The molecule has 1 saturated carbocycles. The SMILES string of the molecule is COC(=O)C1CC2(C=C(OSC(F)(F)F)C2)C1. The molecule has 2 rings (SSSR count). The Morgan fingerprint density at radius 1 is 1.53 bits per heavy atom. The van der Waals surface area contributed by atoms with E-state index < -0.39 is 17.6 Å². The predicted molar refractivity (Wildman–Crippen MR) is 54.6 cm³/mol. The largest absolute Gasteiger partial charge is 0.479 e. The van der Waals surface area contributed by atoms with E-state index in [1.165, 1.54) is 7.11 Å². The highest BCUT2D eigenvalue weighted by Crippen LogP contribution is 2.58. The van der Waals surface area contributed by atoms with Gasteiger partial charge in [0.2, 0.25) is 0 Å². The molecule has 3 nitrogen and oxygen atoms in total. The van der Waals surface area contributed by atoms with Crippen molar-refractivity contribution < 1.29 is 26.9 Å². The summed E-state index contributed by atoms with van der Waals surface area (Å²) in [5.74, 6) is -0.0215. The fourth-order valence-electron chi connectivity index (χ4n) is 2.33. The van der Waals surface area contributed by atoms with Crippen LogP contribution in [0.3, 0.4) is 0 Å². The summed E-state index contributed by atoms with van der Waals surface area (Å²) in [6, 6.07) is 0.